The topological polar surface area (TPSA) is 53.5 Å². The zero-order chi connectivity index (χ0) is 20.4. The van der Waals surface area contributed by atoms with Crippen molar-refractivity contribution in [3.63, 3.8) is 0 Å². The first-order valence-corrected chi connectivity index (χ1v) is 10.3. The molecule has 0 fully saturated rings. The van der Waals surface area contributed by atoms with E-state index in [0.717, 1.165) is 32.6 Å². The third-order valence-corrected chi connectivity index (χ3v) is 5.63. The SMILES string of the molecule is COc1cccc(C2=CC(c3cc(Br)ccc3O)NC(c3ccc(Cl)cc3)N2)c1. The summed E-state index contributed by atoms with van der Waals surface area (Å²) in [6, 6.07) is 20.9. The Kier molecular flexibility index (Phi) is 5.81. The van der Waals surface area contributed by atoms with Crippen molar-refractivity contribution in [3.05, 3.63) is 99.0 Å². The Bertz CT molecular complexity index is 1050. The second kappa shape index (κ2) is 8.49. The van der Waals surface area contributed by atoms with E-state index in [1.54, 1.807) is 13.2 Å². The summed E-state index contributed by atoms with van der Waals surface area (Å²) in [6.07, 6.45) is 1.91. The second-order valence-electron chi connectivity index (χ2n) is 6.79. The molecule has 3 aromatic carbocycles. The molecule has 6 heteroatoms. The molecule has 0 saturated heterocycles. The Labute approximate surface area is 183 Å². The molecule has 0 aliphatic carbocycles. The molecule has 0 saturated carbocycles. The highest BCUT2D eigenvalue weighted by atomic mass is 79.9. The Morgan fingerprint density at radius 2 is 1.83 bits per heavy atom. The monoisotopic (exact) mass is 470 g/mol. The van der Waals surface area contributed by atoms with Gasteiger partial charge in [0.1, 0.15) is 17.7 Å². The molecular weight excluding hydrogens is 452 g/mol. The van der Waals surface area contributed by atoms with Crippen molar-refractivity contribution >= 4 is 33.2 Å². The van der Waals surface area contributed by atoms with Gasteiger partial charge in [-0.05, 0) is 54.1 Å². The molecule has 1 aliphatic heterocycles. The predicted octanol–water partition coefficient (Wildman–Crippen LogP) is 5.79. The molecule has 2 unspecified atom stereocenters. The van der Waals surface area contributed by atoms with Gasteiger partial charge >= 0.3 is 0 Å². The maximum atomic E-state index is 10.5. The average Bonchev–Trinajstić information content (AvgIpc) is 2.75. The Morgan fingerprint density at radius 1 is 1.03 bits per heavy atom. The minimum atomic E-state index is -0.198. The van der Waals surface area contributed by atoms with Gasteiger partial charge in [0.25, 0.3) is 0 Å². The highest BCUT2D eigenvalue weighted by Crippen LogP contribution is 2.35. The highest BCUT2D eigenvalue weighted by Gasteiger charge is 2.26. The maximum absolute atomic E-state index is 10.5. The van der Waals surface area contributed by atoms with Gasteiger partial charge in [-0.25, -0.2) is 0 Å². The standard InChI is InChI=1S/C23H20BrClN2O2/c1-29-18-4-2-3-15(11-18)20-13-21(19-12-16(24)7-10-22(19)28)27-23(26-20)14-5-8-17(25)9-6-14/h2-13,21,23,26-28H,1H3. The van der Waals surface area contributed by atoms with E-state index in [0.29, 0.717) is 5.02 Å². The van der Waals surface area contributed by atoms with Crippen LogP contribution in [0.15, 0.2) is 77.3 Å². The van der Waals surface area contributed by atoms with Crippen LogP contribution in [-0.4, -0.2) is 12.2 Å². The molecule has 1 aliphatic rings. The van der Waals surface area contributed by atoms with Crippen molar-refractivity contribution in [1.82, 2.24) is 10.6 Å². The van der Waals surface area contributed by atoms with E-state index in [-0.39, 0.29) is 18.0 Å². The fraction of sp³-hybridized carbons (Fsp3) is 0.130. The van der Waals surface area contributed by atoms with Crippen LogP contribution in [0.4, 0.5) is 0 Å². The summed E-state index contributed by atoms with van der Waals surface area (Å²) in [5, 5.41) is 18.3. The minimum Gasteiger partial charge on any atom is -0.508 e. The van der Waals surface area contributed by atoms with E-state index in [4.69, 9.17) is 16.3 Å². The number of aromatic hydroxyl groups is 1. The van der Waals surface area contributed by atoms with E-state index in [2.05, 4.69) is 32.6 Å². The largest absolute Gasteiger partial charge is 0.508 e. The van der Waals surface area contributed by atoms with Gasteiger partial charge in [0.2, 0.25) is 0 Å². The zero-order valence-electron chi connectivity index (χ0n) is 15.7. The van der Waals surface area contributed by atoms with Gasteiger partial charge in [-0.1, -0.05) is 51.8 Å². The van der Waals surface area contributed by atoms with Gasteiger partial charge in [0.15, 0.2) is 0 Å². The Hall–Kier alpha value is -2.47. The van der Waals surface area contributed by atoms with Crippen LogP contribution in [-0.2, 0) is 0 Å². The highest BCUT2D eigenvalue weighted by molar-refractivity contribution is 9.10. The molecule has 0 aromatic heterocycles. The van der Waals surface area contributed by atoms with Gasteiger partial charge < -0.3 is 15.2 Å². The van der Waals surface area contributed by atoms with Crippen LogP contribution in [0.5, 0.6) is 11.5 Å². The number of hydrogen-bond acceptors (Lipinski definition) is 4. The van der Waals surface area contributed by atoms with E-state index >= 15 is 0 Å². The van der Waals surface area contributed by atoms with Gasteiger partial charge in [0, 0.05) is 26.3 Å². The fourth-order valence-corrected chi connectivity index (χ4v) is 3.90. The van der Waals surface area contributed by atoms with Crippen LogP contribution in [0.2, 0.25) is 5.02 Å². The normalized spacial score (nSPS) is 18.7. The second-order valence-corrected chi connectivity index (χ2v) is 8.14. The molecule has 4 nitrogen and oxygen atoms in total. The molecule has 2 atom stereocenters. The summed E-state index contributed by atoms with van der Waals surface area (Å²) in [4.78, 5) is 0. The number of ether oxygens (including phenoxy) is 1. The van der Waals surface area contributed by atoms with Crippen LogP contribution in [0.3, 0.4) is 0 Å². The lowest BCUT2D eigenvalue weighted by Gasteiger charge is -2.33. The molecule has 0 amide bonds. The first kappa shape index (κ1) is 19.8. The fourth-order valence-electron chi connectivity index (χ4n) is 3.40. The van der Waals surface area contributed by atoms with Crippen molar-refractivity contribution in [2.75, 3.05) is 7.11 Å². The van der Waals surface area contributed by atoms with E-state index < -0.39 is 0 Å². The number of rotatable bonds is 4. The van der Waals surface area contributed by atoms with Gasteiger partial charge in [-0.3, -0.25) is 5.32 Å². The van der Waals surface area contributed by atoms with E-state index in [9.17, 15) is 5.11 Å². The molecule has 29 heavy (non-hydrogen) atoms. The maximum Gasteiger partial charge on any atom is 0.120 e. The van der Waals surface area contributed by atoms with Crippen LogP contribution >= 0.6 is 27.5 Å². The lowest BCUT2D eigenvalue weighted by Crippen LogP contribution is -2.39. The summed E-state index contributed by atoms with van der Waals surface area (Å²) in [5.74, 6) is 1.03. The van der Waals surface area contributed by atoms with Crippen molar-refractivity contribution < 1.29 is 9.84 Å². The molecule has 3 aromatic rings. The Balaban J connectivity index is 1.78. The number of phenols is 1. The number of halogens is 2. The van der Waals surface area contributed by atoms with Crippen molar-refractivity contribution in [1.29, 1.82) is 0 Å². The first-order chi connectivity index (χ1) is 14.0. The molecule has 4 rings (SSSR count). The summed E-state index contributed by atoms with van der Waals surface area (Å²) < 4.78 is 6.29. The lowest BCUT2D eigenvalue weighted by molar-refractivity contribution is 0.413. The summed E-state index contributed by atoms with van der Waals surface area (Å²) in [5.41, 5.74) is 3.79. The summed E-state index contributed by atoms with van der Waals surface area (Å²) in [6.45, 7) is 0. The van der Waals surface area contributed by atoms with E-state index in [1.807, 2.05) is 60.7 Å². The number of methoxy groups -OCH3 is 1. The predicted molar refractivity (Wildman–Crippen MR) is 120 cm³/mol. The van der Waals surface area contributed by atoms with Crippen molar-refractivity contribution in [2.45, 2.75) is 12.2 Å². The smallest absolute Gasteiger partial charge is 0.120 e. The lowest BCUT2D eigenvalue weighted by atomic mass is 9.98. The van der Waals surface area contributed by atoms with Crippen LogP contribution < -0.4 is 15.4 Å². The van der Waals surface area contributed by atoms with E-state index in [1.165, 1.54) is 0 Å². The molecule has 1 heterocycles. The van der Waals surface area contributed by atoms with Crippen LogP contribution in [0.25, 0.3) is 5.70 Å². The third-order valence-electron chi connectivity index (χ3n) is 4.89. The van der Waals surface area contributed by atoms with Crippen molar-refractivity contribution in [2.24, 2.45) is 0 Å². The minimum absolute atomic E-state index is 0.165. The molecule has 3 N–H and O–H groups in total. The quantitative estimate of drug-likeness (QED) is 0.451. The number of nitrogens with one attached hydrogen (secondary N) is 2. The molecular formula is C23H20BrClN2O2. The first-order valence-electron chi connectivity index (χ1n) is 9.16. The molecule has 0 spiro atoms. The summed E-state index contributed by atoms with van der Waals surface area (Å²) >= 11 is 9.57. The van der Waals surface area contributed by atoms with Crippen LogP contribution in [0, 0.1) is 0 Å². The average molecular weight is 472 g/mol. The molecule has 148 valence electrons. The number of phenolic OH excluding ortho intramolecular Hbond substituents is 1. The number of hydrogen-bond donors (Lipinski definition) is 3. The number of benzene rings is 3. The summed E-state index contributed by atoms with van der Waals surface area (Å²) in [7, 11) is 1.65. The van der Waals surface area contributed by atoms with Gasteiger partial charge in [0.05, 0.1) is 13.2 Å². The zero-order valence-corrected chi connectivity index (χ0v) is 18.0. The Morgan fingerprint density at radius 3 is 2.59 bits per heavy atom. The van der Waals surface area contributed by atoms with Gasteiger partial charge in [-0.15, -0.1) is 0 Å². The molecule has 0 bridgehead atoms. The van der Waals surface area contributed by atoms with Gasteiger partial charge in [-0.2, -0.15) is 0 Å². The third kappa shape index (κ3) is 4.42. The van der Waals surface area contributed by atoms with Crippen molar-refractivity contribution in [3.8, 4) is 11.5 Å². The van der Waals surface area contributed by atoms with Crippen LogP contribution in [0.1, 0.15) is 28.9 Å². The molecule has 0 radical (unpaired) electrons.